The Labute approximate surface area is 147 Å². The van der Waals surface area contributed by atoms with Gasteiger partial charge in [-0.15, -0.1) is 0 Å². The van der Waals surface area contributed by atoms with Gasteiger partial charge in [0.1, 0.15) is 6.61 Å². The molecule has 1 atom stereocenters. The number of esters is 2. The predicted octanol–water partition coefficient (Wildman–Crippen LogP) is 3.86. The van der Waals surface area contributed by atoms with Crippen molar-refractivity contribution in [3.63, 3.8) is 0 Å². The fraction of sp³-hybridized carbons (Fsp3) is 0.238. The zero-order chi connectivity index (χ0) is 18.0. The minimum Gasteiger partial charge on any atom is -0.461 e. The van der Waals surface area contributed by atoms with Crippen LogP contribution in [0.25, 0.3) is 0 Å². The Morgan fingerprint density at radius 3 is 2.52 bits per heavy atom. The van der Waals surface area contributed by atoms with Crippen LogP contribution in [-0.2, 0) is 32.1 Å². The maximum atomic E-state index is 12.1. The number of ether oxygens (including phenoxy) is 2. The molecule has 1 aliphatic carbocycles. The van der Waals surface area contributed by atoms with Crippen LogP contribution in [0.5, 0.6) is 0 Å². The van der Waals surface area contributed by atoms with Crippen LogP contribution in [-0.4, -0.2) is 11.9 Å². The van der Waals surface area contributed by atoms with Crippen molar-refractivity contribution in [3.05, 3.63) is 82.4 Å². The molecular formula is C21H20O4. The molecule has 0 amide bonds. The van der Waals surface area contributed by atoms with Gasteiger partial charge in [-0.3, -0.25) is 4.79 Å². The highest BCUT2D eigenvalue weighted by Crippen LogP contribution is 2.39. The van der Waals surface area contributed by atoms with E-state index in [1.54, 1.807) is 6.92 Å². The standard InChI is InChI=1S/C21H20O4/c1-13(2)21(23)25-20-17-9-5-4-7-15(17)11-19-16(12-24-14(3)22)8-6-10-18(19)20/h4-10,20H,1,11-12H2,2-3H3. The number of carbonyl (C=O) groups excluding carboxylic acids is 2. The summed E-state index contributed by atoms with van der Waals surface area (Å²) < 4.78 is 10.9. The van der Waals surface area contributed by atoms with E-state index in [-0.39, 0.29) is 12.6 Å². The van der Waals surface area contributed by atoms with E-state index < -0.39 is 12.1 Å². The minimum absolute atomic E-state index is 0.210. The zero-order valence-electron chi connectivity index (χ0n) is 14.4. The van der Waals surface area contributed by atoms with Gasteiger partial charge < -0.3 is 9.47 Å². The molecule has 0 heterocycles. The number of rotatable bonds is 4. The molecule has 4 heteroatoms. The van der Waals surface area contributed by atoms with Crippen LogP contribution < -0.4 is 0 Å². The van der Waals surface area contributed by atoms with Gasteiger partial charge >= 0.3 is 11.9 Å². The third-order valence-corrected chi connectivity index (χ3v) is 4.30. The van der Waals surface area contributed by atoms with Gasteiger partial charge in [-0.2, -0.15) is 0 Å². The van der Waals surface area contributed by atoms with Crippen molar-refractivity contribution in [3.8, 4) is 0 Å². The Morgan fingerprint density at radius 2 is 1.80 bits per heavy atom. The predicted molar refractivity (Wildman–Crippen MR) is 93.9 cm³/mol. The lowest BCUT2D eigenvalue weighted by molar-refractivity contribution is -0.143. The lowest BCUT2D eigenvalue weighted by atomic mass is 9.82. The van der Waals surface area contributed by atoms with E-state index >= 15 is 0 Å². The van der Waals surface area contributed by atoms with E-state index in [0.717, 1.165) is 27.8 Å². The molecule has 2 aromatic carbocycles. The fourth-order valence-corrected chi connectivity index (χ4v) is 3.07. The lowest BCUT2D eigenvalue weighted by Crippen LogP contribution is -2.21. The van der Waals surface area contributed by atoms with E-state index in [1.165, 1.54) is 6.92 Å². The van der Waals surface area contributed by atoms with E-state index in [9.17, 15) is 9.59 Å². The molecule has 2 aromatic rings. The maximum Gasteiger partial charge on any atom is 0.334 e. The summed E-state index contributed by atoms with van der Waals surface area (Å²) in [6.07, 6.45) is 0.228. The maximum absolute atomic E-state index is 12.1. The summed E-state index contributed by atoms with van der Waals surface area (Å²) in [5, 5.41) is 0. The van der Waals surface area contributed by atoms with Crippen molar-refractivity contribution in [2.45, 2.75) is 33.0 Å². The summed E-state index contributed by atoms with van der Waals surface area (Å²) in [7, 11) is 0. The van der Waals surface area contributed by atoms with Crippen molar-refractivity contribution in [2.75, 3.05) is 0 Å². The van der Waals surface area contributed by atoms with Gasteiger partial charge in [-0.1, -0.05) is 49.0 Å². The lowest BCUT2D eigenvalue weighted by Gasteiger charge is -2.29. The molecule has 4 nitrogen and oxygen atoms in total. The number of benzene rings is 2. The monoisotopic (exact) mass is 336 g/mol. The van der Waals surface area contributed by atoms with Crippen LogP contribution in [0.1, 0.15) is 47.8 Å². The van der Waals surface area contributed by atoms with Crippen molar-refractivity contribution < 1.29 is 19.1 Å². The second-order valence-electron chi connectivity index (χ2n) is 6.21. The molecular weight excluding hydrogens is 316 g/mol. The molecule has 128 valence electrons. The summed E-state index contributed by atoms with van der Waals surface area (Å²) in [5.74, 6) is -0.739. The number of fused-ring (bicyclic) bond motifs is 2. The first-order chi connectivity index (χ1) is 12.0. The molecule has 0 saturated heterocycles. The van der Waals surface area contributed by atoms with Gasteiger partial charge in [0, 0.05) is 23.6 Å². The Hall–Kier alpha value is -2.88. The molecule has 1 aliphatic rings. The SMILES string of the molecule is C=C(C)C(=O)OC1c2ccccc2Cc2c(COC(C)=O)cccc21. The van der Waals surface area contributed by atoms with Crippen molar-refractivity contribution in [1.29, 1.82) is 0 Å². The first kappa shape index (κ1) is 17.0. The largest absolute Gasteiger partial charge is 0.461 e. The summed E-state index contributed by atoms with van der Waals surface area (Å²) in [4.78, 5) is 23.3. The minimum atomic E-state index is -0.485. The molecule has 0 N–H and O–H groups in total. The Bertz CT molecular complexity index is 851. The summed E-state index contributed by atoms with van der Waals surface area (Å²) >= 11 is 0. The Balaban J connectivity index is 2.05. The molecule has 0 saturated carbocycles. The van der Waals surface area contributed by atoms with E-state index in [0.29, 0.717) is 12.0 Å². The van der Waals surface area contributed by atoms with Crippen LogP contribution in [0.3, 0.4) is 0 Å². The van der Waals surface area contributed by atoms with Gasteiger partial charge in [0.25, 0.3) is 0 Å². The van der Waals surface area contributed by atoms with Crippen LogP contribution in [0.2, 0.25) is 0 Å². The van der Waals surface area contributed by atoms with Gasteiger partial charge in [-0.05, 0) is 30.0 Å². The molecule has 0 aliphatic heterocycles. The van der Waals surface area contributed by atoms with Crippen molar-refractivity contribution in [2.24, 2.45) is 0 Å². The van der Waals surface area contributed by atoms with Gasteiger partial charge in [-0.25, -0.2) is 4.79 Å². The van der Waals surface area contributed by atoms with Crippen molar-refractivity contribution >= 4 is 11.9 Å². The summed E-state index contributed by atoms with van der Waals surface area (Å²) in [6.45, 7) is 6.90. The highest BCUT2D eigenvalue weighted by Gasteiger charge is 2.30. The highest BCUT2D eigenvalue weighted by molar-refractivity contribution is 5.87. The normalized spacial score (nSPS) is 14.9. The molecule has 3 rings (SSSR count). The highest BCUT2D eigenvalue weighted by atomic mass is 16.5. The third kappa shape index (κ3) is 3.48. The summed E-state index contributed by atoms with van der Waals surface area (Å²) in [6, 6.07) is 13.7. The molecule has 0 radical (unpaired) electrons. The van der Waals surface area contributed by atoms with Crippen LogP contribution in [0.4, 0.5) is 0 Å². The summed E-state index contributed by atoms with van der Waals surface area (Å²) in [5.41, 5.74) is 5.35. The van der Waals surface area contributed by atoms with Crippen LogP contribution >= 0.6 is 0 Å². The smallest absolute Gasteiger partial charge is 0.334 e. The van der Waals surface area contributed by atoms with Gasteiger partial charge in [0.15, 0.2) is 6.10 Å². The van der Waals surface area contributed by atoms with E-state index in [2.05, 4.69) is 6.58 Å². The van der Waals surface area contributed by atoms with Gasteiger partial charge in [0.05, 0.1) is 0 Å². The Morgan fingerprint density at radius 1 is 1.08 bits per heavy atom. The van der Waals surface area contributed by atoms with Gasteiger partial charge in [0.2, 0.25) is 0 Å². The molecule has 0 spiro atoms. The Kier molecular flexibility index (Phi) is 4.70. The average Bonchev–Trinajstić information content (AvgIpc) is 2.59. The van der Waals surface area contributed by atoms with Crippen LogP contribution in [0, 0.1) is 0 Å². The zero-order valence-corrected chi connectivity index (χ0v) is 14.4. The second kappa shape index (κ2) is 6.93. The van der Waals surface area contributed by atoms with Crippen LogP contribution in [0.15, 0.2) is 54.6 Å². The first-order valence-corrected chi connectivity index (χ1v) is 8.15. The topological polar surface area (TPSA) is 52.6 Å². The fourth-order valence-electron chi connectivity index (χ4n) is 3.07. The molecule has 0 aromatic heterocycles. The molecule has 0 fully saturated rings. The molecule has 0 bridgehead atoms. The van der Waals surface area contributed by atoms with E-state index in [1.807, 2.05) is 42.5 Å². The quantitative estimate of drug-likeness (QED) is 0.628. The molecule has 1 unspecified atom stereocenters. The number of carbonyl (C=O) groups is 2. The van der Waals surface area contributed by atoms with E-state index in [4.69, 9.17) is 9.47 Å². The molecule has 25 heavy (non-hydrogen) atoms. The number of hydrogen-bond donors (Lipinski definition) is 0. The first-order valence-electron chi connectivity index (χ1n) is 8.15. The third-order valence-electron chi connectivity index (χ3n) is 4.30. The average molecular weight is 336 g/mol. The number of hydrogen-bond acceptors (Lipinski definition) is 4. The second-order valence-corrected chi connectivity index (χ2v) is 6.21. The van der Waals surface area contributed by atoms with Crippen molar-refractivity contribution in [1.82, 2.24) is 0 Å².